The molecule has 0 saturated heterocycles. The lowest BCUT2D eigenvalue weighted by molar-refractivity contribution is -0.261. The van der Waals surface area contributed by atoms with Crippen molar-refractivity contribution in [2.75, 3.05) is 0 Å². The van der Waals surface area contributed by atoms with Gasteiger partial charge in [0.05, 0.1) is 6.10 Å². The molecule has 9 unspecified atom stereocenters. The Morgan fingerprint density at radius 3 is 1.94 bits per heavy atom. The van der Waals surface area contributed by atoms with Crippen LogP contribution in [0.2, 0.25) is 0 Å². The second kappa shape index (κ2) is 6.55. The van der Waals surface area contributed by atoms with Crippen LogP contribution < -0.4 is 0 Å². The zero-order valence-corrected chi connectivity index (χ0v) is 22.1. The molecular weight excluding hydrogens is 376 g/mol. The smallest absolute Gasteiger partial charge is 0.0576 e. The van der Waals surface area contributed by atoms with Crippen LogP contribution in [-0.2, 0) is 0 Å². The lowest BCUT2D eigenvalue weighted by Crippen LogP contribution is -2.67. The third-order valence-electron chi connectivity index (χ3n) is 13.5. The molecule has 0 spiro atoms. The van der Waals surface area contributed by atoms with Gasteiger partial charge in [-0.1, -0.05) is 55.4 Å². The van der Waals surface area contributed by atoms with Gasteiger partial charge in [-0.2, -0.15) is 0 Å². The maximum atomic E-state index is 11.4. The summed E-state index contributed by atoms with van der Waals surface area (Å²) in [6, 6.07) is 0. The summed E-state index contributed by atoms with van der Waals surface area (Å²) in [5.74, 6) is 2.90. The molecule has 0 aromatic heterocycles. The van der Waals surface area contributed by atoms with Gasteiger partial charge in [0.15, 0.2) is 0 Å². The predicted molar refractivity (Wildman–Crippen MR) is 131 cm³/mol. The van der Waals surface area contributed by atoms with Crippen molar-refractivity contribution in [2.45, 2.75) is 132 Å². The Kier molecular flexibility index (Phi) is 4.80. The Hall–Kier alpha value is -0.0400. The average Bonchev–Trinajstić information content (AvgIpc) is 2.68. The van der Waals surface area contributed by atoms with Crippen LogP contribution in [0.3, 0.4) is 0 Å². The van der Waals surface area contributed by atoms with Crippen LogP contribution in [0.25, 0.3) is 0 Å². The van der Waals surface area contributed by atoms with Gasteiger partial charge in [-0.15, -0.1) is 0 Å². The highest BCUT2D eigenvalue weighted by Gasteiger charge is 2.70. The molecule has 0 bridgehead atoms. The molecule has 0 amide bonds. The molecule has 5 rings (SSSR count). The van der Waals surface area contributed by atoms with Crippen LogP contribution in [0.1, 0.15) is 126 Å². The van der Waals surface area contributed by atoms with Gasteiger partial charge < -0.3 is 5.11 Å². The molecule has 0 aromatic carbocycles. The first-order chi connectivity index (χ1) is 14.2. The number of fused-ring (bicyclic) bond motifs is 7. The van der Waals surface area contributed by atoms with E-state index in [9.17, 15) is 5.11 Å². The van der Waals surface area contributed by atoms with Crippen LogP contribution in [0.5, 0.6) is 0 Å². The normalized spacial score (nSPS) is 57.8. The number of hydrogen-bond acceptors (Lipinski definition) is 1. The van der Waals surface area contributed by atoms with E-state index in [1.165, 1.54) is 64.2 Å². The third kappa shape index (κ3) is 2.89. The molecular formula is C30H52O. The first-order valence-corrected chi connectivity index (χ1v) is 13.9. The van der Waals surface area contributed by atoms with Gasteiger partial charge in [0, 0.05) is 0 Å². The fourth-order valence-electron chi connectivity index (χ4n) is 11.2. The highest BCUT2D eigenvalue weighted by molar-refractivity contribution is 5.19. The molecule has 1 N–H and O–H groups in total. The summed E-state index contributed by atoms with van der Waals surface area (Å²) in [4.78, 5) is 0. The van der Waals surface area contributed by atoms with Crippen molar-refractivity contribution in [3.8, 4) is 0 Å². The molecule has 5 fully saturated rings. The second-order valence-electron chi connectivity index (χ2n) is 15.8. The monoisotopic (exact) mass is 428 g/mol. The zero-order chi connectivity index (χ0) is 22.7. The predicted octanol–water partition coefficient (Wildman–Crippen LogP) is 8.25. The van der Waals surface area contributed by atoms with E-state index in [1.807, 2.05) is 0 Å². The van der Waals surface area contributed by atoms with Crippen molar-refractivity contribution in [3.05, 3.63) is 0 Å². The maximum absolute atomic E-state index is 11.4. The van der Waals surface area contributed by atoms with Gasteiger partial charge in [0.1, 0.15) is 0 Å². The van der Waals surface area contributed by atoms with Crippen molar-refractivity contribution in [1.29, 1.82) is 0 Å². The summed E-state index contributed by atoms with van der Waals surface area (Å²) < 4.78 is 0. The van der Waals surface area contributed by atoms with Gasteiger partial charge in [-0.25, -0.2) is 0 Å². The van der Waals surface area contributed by atoms with E-state index in [1.54, 1.807) is 0 Å². The number of rotatable bonds is 0. The summed E-state index contributed by atoms with van der Waals surface area (Å²) in [7, 11) is 0. The van der Waals surface area contributed by atoms with Crippen LogP contribution in [0.15, 0.2) is 0 Å². The minimum Gasteiger partial charge on any atom is -0.393 e. The molecule has 0 aromatic rings. The second-order valence-corrected chi connectivity index (χ2v) is 15.8. The van der Waals surface area contributed by atoms with Gasteiger partial charge in [0.25, 0.3) is 0 Å². The average molecular weight is 429 g/mol. The van der Waals surface area contributed by atoms with Crippen LogP contribution in [0.4, 0.5) is 0 Å². The highest BCUT2D eigenvalue weighted by atomic mass is 16.3. The first kappa shape index (κ1) is 22.7. The molecule has 5 saturated carbocycles. The molecule has 0 radical (unpaired) electrons. The van der Waals surface area contributed by atoms with E-state index < -0.39 is 0 Å². The van der Waals surface area contributed by atoms with E-state index in [4.69, 9.17) is 0 Å². The molecule has 0 aliphatic heterocycles. The van der Waals surface area contributed by atoms with Gasteiger partial charge in [0.2, 0.25) is 0 Å². The molecule has 178 valence electrons. The first-order valence-electron chi connectivity index (χ1n) is 13.9. The van der Waals surface area contributed by atoms with Crippen molar-refractivity contribution in [3.63, 3.8) is 0 Å². The van der Waals surface area contributed by atoms with Crippen LogP contribution in [0, 0.1) is 56.2 Å². The largest absolute Gasteiger partial charge is 0.393 e. The Morgan fingerprint density at radius 2 is 1.23 bits per heavy atom. The van der Waals surface area contributed by atoms with Crippen molar-refractivity contribution >= 4 is 0 Å². The standard InChI is InChI=1S/C30H52O/c1-25(2)13-14-27(5)15-17-29(7)22-10-9-20-24(21(31)11-12-26(20,3)4)28(22,6)16-18-30(29,8)23(27)19-25/h20-24,31H,9-19H2,1-8H3. The minimum absolute atomic E-state index is 0.0683. The van der Waals surface area contributed by atoms with Crippen molar-refractivity contribution in [2.24, 2.45) is 56.2 Å². The quantitative estimate of drug-likeness (QED) is 0.412. The summed E-state index contributed by atoms with van der Waals surface area (Å²) in [6.45, 7) is 20.9. The van der Waals surface area contributed by atoms with Gasteiger partial charge in [-0.3, -0.25) is 0 Å². The van der Waals surface area contributed by atoms with E-state index in [0.29, 0.717) is 44.3 Å². The minimum atomic E-state index is -0.0683. The summed E-state index contributed by atoms with van der Waals surface area (Å²) >= 11 is 0. The maximum Gasteiger partial charge on any atom is 0.0576 e. The molecule has 31 heavy (non-hydrogen) atoms. The van der Waals surface area contributed by atoms with E-state index in [0.717, 1.165) is 18.3 Å². The molecule has 5 aliphatic carbocycles. The molecule has 5 aliphatic rings. The number of aliphatic hydroxyl groups is 1. The fourth-order valence-corrected chi connectivity index (χ4v) is 11.2. The van der Waals surface area contributed by atoms with E-state index >= 15 is 0 Å². The topological polar surface area (TPSA) is 20.2 Å². The third-order valence-corrected chi connectivity index (χ3v) is 13.5. The molecule has 9 atom stereocenters. The van der Waals surface area contributed by atoms with Crippen LogP contribution in [-0.4, -0.2) is 11.2 Å². The highest BCUT2D eigenvalue weighted by Crippen LogP contribution is 2.77. The number of aliphatic hydroxyl groups excluding tert-OH is 1. The van der Waals surface area contributed by atoms with Crippen LogP contribution >= 0.6 is 0 Å². The van der Waals surface area contributed by atoms with Gasteiger partial charge >= 0.3 is 0 Å². The van der Waals surface area contributed by atoms with E-state index in [-0.39, 0.29) is 6.10 Å². The summed E-state index contributed by atoms with van der Waals surface area (Å²) in [6.07, 6.45) is 14.8. The Balaban J connectivity index is 1.55. The Labute approximate surface area is 193 Å². The summed E-state index contributed by atoms with van der Waals surface area (Å²) in [5, 5.41) is 11.4. The van der Waals surface area contributed by atoms with Crippen molar-refractivity contribution < 1.29 is 5.11 Å². The molecule has 1 nitrogen and oxygen atoms in total. The van der Waals surface area contributed by atoms with Crippen molar-refractivity contribution in [1.82, 2.24) is 0 Å². The van der Waals surface area contributed by atoms with Gasteiger partial charge in [-0.05, 0) is 127 Å². The Morgan fingerprint density at radius 1 is 0.613 bits per heavy atom. The SMILES string of the molecule is CC1(C)CCC2(C)CCC3(C)C4CCC5C(C(O)CCC5(C)C)C4(C)CCC3(C)C2C1. The Bertz CT molecular complexity index is 737. The zero-order valence-electron chi connectivity index (χ0n) is 22.1. The lowest BCUT2D eigenvalue weighted by atomic mass is 9.30. The van der Waals surface area contributed by atoms with E-state index in [2.05, 4.69) is 55.4 Å². The summed E-state index contributed by atoms with van der Waals surface area (Å²) in [5.41, 5.74) is 2.69. The molecule has 0 heterocycles. The number of hydrogen-bond donors (Lipinski definition) is 1. The molecule has 1 heteroatoms. The lowest BCUT2D eigenvalue weighted by Gasteiger charge is -2.74. The fraction of sp³-hybridized carbons (Fsp3) is 1.00.